The van der Waals surface area contributed by atoms with Crippen molar-refractivity contribution in [2.24, 2.45) is 5.92 Å². The number of carbonyl (C=O) groups is 2. The molecule has 1 unspecified atom stereocenters. The second kappa shape index (κ2) is 9.25. The van der Waals surface area contributed by atoms with Gasteiger partial charge in [-0.1, -0.05) is 24.3 Å². The number of halogens is 1. The number of likely N-dealkylation sites (tertiary alicyclic amines) is 1. The first-order chi connectivity index (χ1) is 12.1. The van der Waals surface area contributed by atoms with Crippen molar-refractivity contribution >= 4 is 29.9 Å². The Morgan fingerprint density at radius 3 is 2.54 bits per heavy atom. The van der Waals surface area contributed by atoms with Crippen molar-refractivity contribution < 1.29 is 9.59 Å². The molecule has 2 aromatic carbocycles. The van der Waals surface area contributed by atoms with Crippen molar-refractivity contribution in [2.75, 3.05) is 25.4 Å². The predicted octanol–water partition coefficient (Wildman–Crippen LogP) is 2.97. The summed E-state index contributed by atoms with van der Waals surface area (Å²) in [5.41, 5.74) is 7.64. The first kappa shape index (κ1) is 19.8. The van der Waals surface area contributed by atoms with Crippen LogP contribution in [0.3, 0.4) is 0 Å². The molecule has 2 amide bonds. The van der Waals surface area contributed by atoms with Crippen LogP contribution in [0, 0.1) is 5.92 Å². The molecule has 6 heteroatoms. The molecule has 0 bridgehead atoms. The van der Waals surface area contributed by atoms with Gasteiger partial charge in [-0.2, -0.15) is 0 Å². The second-order valence-electron chi connectivity index (χ2n) is 6.46. The third-order valence-electron chi connectivity index (χ3n) is 4.53. The molecule has 1 aliphatic heterocycles. The molecule has 0 spiro atoms. The van der Waals surface area contributed by atoms with Gasteiger partial charge in [0.2, 0.25) is 0 Å². The summed E-state index contributed by atoms with van der Waals surface area (Å²) in [5, 5.41) is 2.98. The molecule has 5 nitrogen and oxygen atoms in total. The van der Waals surface area contributed by atoms with Crippen molar-refractivity contribution in [3.05, 3.63) is 65.7 Å². The number of carbonyl (C=O) groups excluding carboxylic acids is 2. The van der Waals surface area contributed by atoms with Gasteiger partial charge in [-0.15, -0.1) is 12.4 Å². The molecule has 1 saturated heterocycles. The molecule has 1 atom stereocenters. The van der Waals surface area contributed by atoms with E-state index >= 15 is 0 Å². The van der Waals surface area contributed by atoms with Gasteiger partial charge in [-0.05, 0) is 49.1 Å². The SMILES string of the molecule is Cl.Nc1cccc(C(=O)N2CCCC(CNC(=O)c3ccccc3)C2)c1. The third kappa shape index (κ3) is 4.99. The molecule has 0 radical (unpaired) electrons. The number of hydrogen-bond acceptors (Lipinski definition) is 3. The number of nitrogens with one attached hydrogen (secondary N) is 1. The summed E-state index contributed by atoms with van der Waals surface area (Å²) in [7, 11) is 0. The highest BCUT2D eigenvalue weighted by Crippen LogP contribution is 2.19. The molecule has 2 aromatic rings. The number of benzene rings is 2. The smallest absolute Gasteiger partial charge is 0.253 e. The Morgan fingerprint density at radius 2 is 1.81 bits per heavy atom. The van der Waals surface area contributed by atoms with Crippen molar-refractivity contribution in [1.29, 1.82) is 0 Å². The number of piperidine rings is 1. The molecular weight excluding hydrogens is 350 g/mol. The molecule has 1 aliphatic rings. The molecule has 138 valence electrons. The zero-order valence-electron chi connectivity index (χ0n) is 14.6. The first-order valence-corrected chi connectivity index (χ1v) is 8.61. The molecule has 0 aliphatic carbocycles. The van der Waals surface area contributed by atoms with E-state index in [4.69, 9.17) is 5.73 Å². The largest absolute Gasteiger partial charge is 0.399 e. The average Bonchev–Trinajstić information content (AvgIpc) is 2.66. The van der Waals surface area contributed by atoms with E-state index in [0.29, 0.717) is 29.9 Å². The van der Waals surface area contributed by atoms with Gasteiger partial charge in [0.25, 0.3) is 11.8 Å². The van der Waals surface area contributed by atoms with E-state index in [0.717, 1.165) is 19.4 Å². The molecular formula is C20H24ClN3O2. The van der Waals surface area contributed by atoms with E-state index in [9.17, 15) is 9.59 Å². The van der Waals surface area contributed by atoms with E-state index in [-0.39, 0.29) is 30.1 Å². The van der Waals surface area contributed by atoms with Gasteiger partial charge in [0.05, 0.1) is 0 Å². The minimum absolute atomic E-state index is 0. The van der Waals surface area contributed by atoms with E-state index in [2.05, 4.69) is 5.32 Å². The van der Waals surface area contributed by atoms with Crippen LogP contribution in [0.25, 0.3) is 0 Å². The first-order valence-electron chi connectivity index (χ1n) is 8.61. The average molecular weight is 374 g/mol. The van der Waals surface area contributed by atoms with E-state index in [1.165, 1.54) is 0 Å². The number of nitrogens with two attached hydrogens (primary N) is 1. The Hall–Kier alpha value is -2.53. The number of hydrogen-bond donors (Lipinski definition) is 2. The van der Waals surface area contributed by atoms with Crippen molar-refractivity contribution in [3.63, 3.8) is 0 Å². The monoisotopic (exact) mass is 373 g/mol. The van der Waals surface area contributed by atoms with Crippen LogP contribution in [0.2, 0.25) is 0 Å². The molecule has 3 N–H and O–H groups in total. The van der Waals surface area contributed by atoms with Crippen molar-refractivity contribution in [1.82, 2.24) is 10.2 Å². The van der Waals surface area contributed by atoms with Gasteiger partial charge in [-0.25, -0.2) is 0 Å². The lowest BCUT2D eigenvalue weighted by molar-refractivity contribution is 0.0671. The van der Waals surface area contributed by atoms with Crippen LogP contribution >= 0.6 is 12.4 Å². The van der Waals surface area contributed by atoms with Crippen molar-refractivity contribution in [3.8, 4) is 0 Å². The quantitative estimate of drug-likeness (QED) is 0.809. The zero-order valence-corrected chi connectivity index (χ0v) is 15.4. The second-order valence-corrected chi connectivity index (χ2v) is 6.46. The maximum Gasteiger partial charge on any atom is 0.253 e. The molecule has 26 heavy (non-hydrogen) atoms. The number of rotatable bonds is 4. The van der Waals surface area contributed by atoms with Crippen LogP contribution in [0.1, 0.15) is 33.6 Å². The van der Waals surface area contributed by atoms with Crippen LogP contribution in [0.15, 0.2) is 54.6 Å². The molecule has 1 heterocycles. The lowest BCUT2D eigenvalue weighted by Gasteiger charge is -2.33. The van der Waals surface area contributed by atoms with Crippen LogP contribution < -0.4 is 11.1 Å². The summed E-state index contributed by atoms with van der Waals surface area (Å²) in [6.45, 7) is 1.98. The van der Waals surface area contributed by atoms with E-state index < -0.39 is 0 Å². The Balaban J connectivity index is 0.00000243. The summed E-state index contributed by atoms with van der Waals surface area (Å²) in [6.07, 6.45) is 1.95. The number of anilines is 1. The fraction of sp³-hybridized carbons (Fsp3) is 0.300. The lowest BCUT2D eigenvalue weighted by atomic mass is 9.97. The minimum Gasteiger partial charge on any atom is -0.399 e. The maximum absolute atomic E-state index is 12.6. The van der Waals surface area contributed by atoms with Crippen molar-refractivity contribution in [2.45, 2.75) is 12.8 Å². The van der Waals surface area contributed by atoms with Gasteiger partial charge < -0.3 is 16.0 Å². The molecule has 0 saturated carbocycles. The lowest BCUT2D eigenvalue weighted by Crippen LogP contribution is -2.43. The molecule has 3 rings (SSSR count). The van der Waals surface area contributed by atoms with Gasteiger partial charge in [0, 0.05) is 36.4 Å². The normalized spacial score (nSPS) is 16.5. The van der Waals surface area contributed by atoms with Gasteiger partial charge >= 0.3 is 0 Å². The Morgan fingerprint density at radius 1 is 1.08 bits per heavy atom. The summed E-state index contributed by atoms with van der Waals surface area (Å²) in [4.78, 5) is 26.7. The highest BCUT2D eigenvalue weighted by molar-refractivity contribution is 5.95. The Bertz CT molecular complexity index is 752. The Labute approximate surface area is 160 Å². The topological polar surface area (TPSA) is 75.4 Å². The summed E-state index contributed by atoms with van der Waals surface area (Å²) < 4.78 is 0. The Kier molecular flexibility index (Phi) is 7.04. The van der Waals surface area contributed by atoms with Gasteiger partial charge in [0.15, 0.2) is 0 Å². The number of nitrogens with zero attached hydrogens (tertiary/aromatic N) is 1. The van der Waals surface area contributed by atoms with Crippen LogP contribution in [0.5, 0.6) is 0 Å². The van der Waals surface area contributed by atoms with Crippen LogP contribution in [0.4, 0.5) is 5.69 Å². The van der Waals surface area contributed by atoms with Crippen LogP contribution in [-0.2, 0) is 0 Å². The molecule has 1 fully saturated rings. The fourth-order valence-electron chi connectivity index (χ4n) is 3.20. The minimum atomic E-state index is -0.0696. The van der Waals surface area contributed by atoms with Gasteiger partial charge in [0.1, 0.15) is 0 Å². The fourth-order valence-corrected chi connectivity index (χ4v) is 3.20. The summed E-state index contributed by atoms with van der Waals surface area (Å²) in [5.74, 6) is 0.206. The van der Waals surface area contributed by atoms with E-state index in [1.807, 2.05) is 23.1 Å². The maximum atomic E-state index is 12.6. The zero-order chi connectivity index (χ0) is 17.6. The van der Waals surface area contributed by atoms with E-state index in [1.54, 1.807) is 36.4 Å². The molecule has 0 aromatic heterocycles. The summed E-state index contributed by atoms with van der Waals surface area (Å²) >= 11 is 0. The third-order valence-corrected chi connectivity index (χ3v) is 4.53. The van der Waals surface area contributed by atoms with Crippen LogP contribution in [-0.4, -0.2) is 36.3 Å². The number of amides is 2. The highest BCUT2D eigenvalue weighted by Gasteiger charge is 2.25. The highest BCUT2D eigenvalue weighted by atomic mass is 35.5. The predicted molar refractivity (Wildman–Crippen MR) is 106 cm³/mol. The van der Waals surface area contributed by atoms with Gasteiger partial charge in [-0.3, -0.25) is 9.59 Å². The number of nitrogen functional groups attached to an aromatic ring is 1. The summed E-state index contributed by atoms with van der Waals surface area (Å²) in [6, 6.07) is 16.2. The standard InChI is InChI=1S/C20H23N3O2.ClH/c21-18-10-4-9-17(12-18)20(25)23-11-5-6-15(14-23)13-22-19(24)16-7-2-1-3-8-16;/h1-4,7-10,12,15H,5-6,11,13-14,21H2,(H,22,24);1H.